The van der Waals surface area contributed by atoms with Crippen LogP contribution in [-0.2, 0) is 0 Å². The Morgan fingerprint density at radius 3 is 1.21 bits per heavy atom. The first kappa shape index (κ1) is 31.4. The van der Waals surface area contributed by atoms with Crippen molar-refractivity contribution in [1.29, 1.82) is 0 Å². The summed E-state index contributed by atoms with van der Waals surface area (Å²) in [6.07, 6.45) is 0.600. The molecule has 0 saturated carbocycles. The maximum atomic E-state index is 12.6. The number of nitro groups is 6. The van der Waals surface area contributed by atoms with E-state index in [-0.39, 0.29) is 19.6 Å². The molecule has 36 nitrogen and oxygen atoms in total. The summed E-state index contributed by atoms with van der Waals surface area (Å²) >= 11 is 0. The van der Waals surface area contributed by atoms with E-state index in [0.29, 0.717) is 12.4 Å². The number of rotatable bonds is 14. The third-order valence-corrected chi connectivity index (χ3v) is 4.84. The Labute approximate surface area is 247 Å². The number of nitrogens with zero attached hydrogens (tertiary/aromatic N) is 20. The zero-order valence-electron chi connectivity index (χ0n) is 21.3. The molecule has 4 aromatic heterocycles. The number of anilines is 2. The van der Waals surface area contributed by atoms with Crippen LogP contribution in [0, 0.1) is 71.1 Å². The molecule has 0 spiro atoms. The largest absolute Gasteiger partial charge is 0.721 e. The molecular weight excluding hydrogens is 668 g/mol. The smallest absolute Gasteiger partial charge is 0.487 e. The van der Waals surface area contributed by atoms with Gasteiger partial charge in [-0.1, -0.05) is 0 Å². The molecule has 4 rings (SSSR count). The van der Waals surface area contributed by atoms with Gasteiger partial charge in [0.05, 0.1) is 29.9 Å². The molecule has 0 aliphatic rings. The van der Waals surface area contributed by atoms with Gasteiger partial charge in [-0.3, -0.25) is 20.2 Å². The lowest BCUT2D eigenvalue weighted by Crippen LogP contribution is -2.45. The molecule has 0 aliphatic heterocycles. The zero-order chi connectivity index (χ0) is 34.7. The van der Waals surface area contributed by atoms with Crippen molar-refractivity contribution < 1.29 is 48.7 Å². The molecule has 47 heavy (non-hydrogen) atoms. The lowest BCUT2D eigenvalue weighted by Gasteiger charge is -2.15. The van der Waals surface area contributed by atoms with E-state index in [1.54, 1.807) is 0 Å². The van der Waals surface area contributed by atoms with Crippen molar-refractivity contribution in [3.63, 3.8) is 0 Å². The van der Waals surface area contributed by atoms with Crippen LogP contribution >= 0.6 is 0 Å². The van der Waals surface area contributed by atoms with Crippen LogP contribution in [0.4, 0.5) is 46.3 Å². The summed E-state index contributed by atoms with van der Waals surface area (Å²) in [5, 5.41) is 114. The summed E-state index contributed by atoms with van der Waals surface area (Å²) in [5.41, 5.74) is -2.45. The van der Waals surface area contributed by atoms with Gasteiger partial charge < -0.3 is 30.6 Å². The van der Waals surface area contributed by atoms with Crippen LogP contribution < -0.4 is 10.0 Å². The summed E-state index contributed by atoms with van der Waals surface area (Å²) < 4.78 is 8.48. The summed E-state index contributed by atoms with van der Waals surface area (Å²) in [4.78, 5) is 61.1. The Kier molecular flexibility index (Phi) is 8.03. The maximum absolute atomic E-state index is 12.6. The fourth-order valence-corrected chi connectivity index (χ4v) is 2.99. The summed E-state index contributed by atoms with van der Waals surface area (Å²) in [6, 6.07) is 0. The molecule has 4 aromatic rings. The van der Waals surface area contributed by atoms with Crippen LogP contribution in [-0.4, -0.2) is 86.6 Å². The predicted molar refractivity (Wildman–Crippen MR) is 126 cm³/mol. The zero-order valence-corrected chi connectivity index (χ0v) is 21.3. The minimum absolute atomic E-state index is 0.00403. The van der Waals surface area contributed by atoms with Gasteiger partial charge in [0.15, 0.2) is 20.3 Å². The molecule has 0 aromatic carbocycles. The van der Waals surface area contributed by atoms with E-state index in [1.807, 2.05) is 0 Å². The van der Waals surface area contributed by atoms with E-state index in [4.69, 9.17) is 0 Å². The molecular formula is C11H4N20O16. The molecule has 0 atom stereocenters. The molecule has 0 fully saturated rings. The highest BCUT2D eigenvalue weighted by atomic mass is 16.7. The van der Waals surface area contributed by atoms with Gasteiger partial charge in [0.1, 0.15) is 10.3 Å². The van der Waals surface area contributed by atoms with E-state index in [1.165, 1.54) is 0 Å². The van der Waals surface area contributed by atoms with Gasteiger partial charge in [-0.15, -0.1) is 9.72 Å². The summed E-state index contributed by atoms with van der Waals surface area (Å²) in [6.45, 7) is -1.67. The minimum Gasteiger partial charge on any atom is -0.721 e. The van der Waals surface area contributed by atoms with Crippen molar-refractivity contribution in [3.05, 3.63) is 83.5 Å². The number of hydrogen-bond donors (Lipinski definition) is 0. The van der Waals surface area contributed by atoms with Crippen LogP contribution in [0.15, 0.2) is 32.1 Å². The molecule has 0 radical (unpaired) electrons. The van der Waals surface area contributed by atoms with Gasteiger partial charge in [0.2, 0.25) is 19.1 Å². The Balaban J connectivity index is 1.69. The Morgan fingerprint density at radius 1 is 0.574 bits per heavy atom. The lowest BCUT2D eigenvalue weighted by molar-refractivity contribution is -0.527. The summed E-state index contributed by atoms with van der Waals surface area (Å²) in [7, 11) is 0. The summed E-state index contributed by atoms with van der Waals surface area (Å²) in [5.74, 6) is -7.83. The van der Waals surface area contributed by atoms with Crippen LogP contribution in [0.2, 0.25) is 0 Å². The fourth-order valence-electron chi connectivity index (χ4n) is 2.99. The number of aromatic nitrogens is 8. The van der Waals surface area contributed by atoms with E-state index in [2.05, 4.69) is 50.5 Å². The average Bonchev–Trinajstić information content (AvgIpc) is 3.78. The first-order chi connectivity index (χ1) is 22.1. The second-order valence-corrected chi connectivity index (χ2v) is 7.51. The quantitative estimate of drug-likeness (QED) is 0.0522. The van der Waals surface area contributed by atoms with E-state index < -0.39 is 92.4 Å². The lowest BCUT2D eigenvalue weighted by atomic mass is 10.5. The molecule has 0 N–H and O–H groups in total. The van der Waals surface area contributed by atoms with Crippen molar-refractivity contribution in [3.8, 4) is 0 Å². The monoisotopic (exact) mass is 672 g/mol. The van der Waals surface area contributed by atoms with Crippen LogP contribution in [0.1, 0.15) is 0 Å². The van der Waals surface area contributed by atoms with Gasteiger partial charge in [0.25, 0.3) is 0 Å². The average molecular weight is 672 g/mol. The Hall–Kier alpha value is -8.50. The molecule has 0 saturated heterocycles. The molecule has 0 unspecified atom stereocenters. The van der Waals surface area contributed by atoms with Gasteiger partial charge in [0, 0.05) is 0 Å². The molecule has 0 bridgehead atoms. The van der Waals surface area contributed by atoms with Crippen LogP contribution in [0.3, 0.4) is 0 Å². The minimum atomic E-state index is -1.67. The van der Waals surface area contributed by atoms with E-state index in [9.17, 15) is 71.1 Å². The highest BCUT2D eigenvalue weighted by Crippen LogP contribution is 2.30. The van der Waals surface area contributed by atoms with E-state index >= 15 is 0 Å². The Morgan fingerprint density at radius 2 is 0.936 bits per heavy atom. The predicted octanol–water partition coefficient (Wildman–Crippen LogP) is -0.753. The highest BCUT2D eigenvalue weighted by Gasteiger charge is 2.42. The van der Waals surface area contributed by atoms with Crippen molar-refractivity contribution >= 4 is 46.3 Å². The van der Waals surface area contributed by atoms with Gasteiger partial charge in [-0.25, -0.2) is 20.2 Å². The Bertz CT molecular complexity index is 1800. The molecule has 0 aliphatic carbocycles. The SMILES string of the molecule is O=[N+]([O-])c1cn(N=[N+]([O-])c2nonc2N(CN(c2nonc2[N+]([O-])=Nn2cc([N+](=O)[O-])c([N+](=O)[O-])n2)[N+](=O)[O-])[N+](=O)[O-])nc1[N+](=O)[O-]. The van der Waals surface area contributed by atoms with Crippen molar-refractivity contribution in [2.75, 3.05) is 16.7 Å². The van der Waals surface area contributed by atoms with Crippen molar-refractivity contribution in [2.24, 2.45) is 10.4 Å². The second-order valence-electron chi connectivity index (χ2n) is 7.51. The van der Waals surface area contributed by atoms with Gasteiger partial charge in [-0.2, -0.15) is 9.26 Å². The number of hydrogen-bond acceptors (Lipinski definition) is 24. The van der Waals surface area contributed by atoms with E-state index in [0.717, 1.165) is 0 Å². The molecule has 0 amide bonds. The van der Waals surface area contributed by atoms with Gasteiger partial charge >= 0.3 is 46.3 Å². The van der Waals surface area contributed by atoms with Crippen molar-refractivity contribution in [1.82, 2.24) is 40.4 Å². The first-order valence-electron chi connectivity index (χ1n) is 10.7. The third kappa shape index (κ3) is 6.17. The van der Waals surface area contributed by atoms with Crippen molar-refractivity contribution in [2.45, 2.75) is 0 Å². The highest BCUT2D eigenvalue weighted by molar-refractivity contribution is 5.53. The topological polar surface area (TPSA) is 456 Å². The van der Waals surface area contributed by atoms with Gasteiger partial charge in [-0.05, 0) is 30.2 Å². The van der Waals surface area contributed by atoms with Crippen LogP contribution in [0.5, 0.6) is 0 Å². The number of hydrazine groups is 2. The first-order valence-corrected chi connectivity index (χ1v) is 10.7. The second kappa shape index (κ2) is 12.0. The van der Waals surface area contributed by atoms with Crippen LogP contribution in [0.25, 0.3) is 0 Å². The third-order valence-electron chi connectivity index (χ3n) is 4.84. The fraction of sp³-hybridized carbons (Fsp3) is 0.0909. The molecule has 244 valence electrons. The molecule has 4 heterocycles. The molecule has 36 heteroatoms. The normalized spacial score (nSPS) is 11.7. The maximum Gasteiger partial charge on any atom is 0.487 e. The standard InChI is InChI=1S/C11H4N20O16/c32-24(18-22-1-4(26(34)35)6(12-22)28(38)39)10-8(14-46-16-10)20(30(42)43)3-21(31(44)45)9-11(17-47-15-9)25(33)19-23-2-5(27(36)37)7(13-23)29(40)41/h1-2H,3H2.